The molecule has 1 atom stereocenters. The number of fused-ring (bicyclic) bond motifs is 1. The second kappa shape index (κ2) is 3.92. The average Bonchev–Trinajstić information content (AvgIpc) is 2.59. The number of para-hydroxylation sites is 1. The third-order valence-corrected chi connectivity index (χ3v) is 2.76. The van der Waals surface area contributed by atoms with Crippen molar-refractivity contribution >= 4 is 11.0 Å². The van der Waals surface area contributed by atoms with Crippen molar-refractivity contribution in [1.82, 2.24) is 5.43 Å². The van der Waals surface area contributed by atoms with E-state index >= 15 is 0 Å². The Morgan fingerprint density at radius 1 is 1.25 bits per heavy atom. The van der Waals surface area contributed by atoms with Crippen LogP contribution in [-0.4, -0.2) is 0 Å². The third-order valence-electron chi connectivity index (χ3n) is 2.76. The van der Waals surface area contributed by atoms with E-state index in [4.69, 9.17) is 10.3 Å². The predicted octanol–water partition coefficient (Wildman–Crippen LogP) is 2.98. The summed E-state index contributed by atoms with van der Waals surface area (Å²) in [5, 5.41) is 1.11. The summed E-state index contributed by atoms with van der Waals surface area (Å²) in [6.45, 7) is 6.39. The molecule has 16 heavy (non-hydrogen) atoms. The third kappa shape index (κ3) is 1.96. The van der Waals surface area contributed by atoms with Gasteiger partial charge in [-0.25, -0.2) is 5.43 Å². The van der Waals surface area contributed by atoms with Crippen molar-refractivity contribution in [2.45, 2.75) is 26.8 Å². The van der Waals surface area contributed by atoms with Gasteiger partial charge in [-0.1, -0.05) is 39.0 Å². The van der Waals surface area contributed by atoms with Crippen molar-refractivity contribution in [2.24, 2.45) is 11.3 Å². The van der Waals surface area contributed by atoms with Gasteiger partial charge in [0, 0.05) is 5.39 Å². The molecule has 0 amide bonds. The van der Waals surface area contributed by atoms with Crippen LogP contribution in [0, 0.1) is 5.41 Å². The molecule has 0 spiro atoms. The molecule has 1 aromatic heterocycles. The largest absolute Gasteiger partial charge is 0.459 e. The van der Waals surface area contributed by atoms with Gasteiger partial charge in [-0.15, -0.1) is 0 Å². The summed E-state index contributed by atoms with van der Waals surface area (Å²) in [5.41, 5.74) is 3.75. The summed E-state index contributed by atoms with van der Waals surface area (Å²) in [4.78, 5) is 0. The lowest BCUT2D eigenvalue weighted by atomic mass is 9.85. The first-order chi connectivity index (χ1) is 7.52. The van der Waals surface area contributed by atoms with E-state index in [1.165, 1.54) is 0 Å². The molecule has 1 heterocycles. The zero-order valence-electron chi connectivity index (χ0n) is 9.95. The molecule has 0 radical (unpaired) electrons. The Morgan fingerprint density at radius 3 is 2.50 bits per heavy atom. The first kappa shape index (κ1) is 11.2. The summed E-state index contributed by atoms with van der Waals surface area (Å²) >= 11 is 0. The standard InChI is InChI=1S/C13H18N2O/c1-13(2,3)12(15-14)11-8-9-6-4-5-7-10(9)16-11/h4-8,12,15H,14H2,1-3H3. The molecule has 0 bridgehead atoms. The highest BCUT2D eigenvalue weighted by Gasteiger charge is 2.28. The van der Waals surface area contributed by atoms with Gasteiger partial charge in [0.05, 0.1) is 6.04 Å². The highest BCUT2D eigenvalue weighted by Crippen LogP contribution is 2.34. The van der Waals surface area contributed by atoms with Gasteiger partial charge < -0.3 is 4.42 Å². The van der Waals surface area contributed by atoms with Gasteiger partial charge in [0.2, 0.25) is 0 Å². The lowest BCUT2D eigenvalue weighted by Crippen LogP contribution is -2.36. The molecule has 3 nitrogen and oxygen atoms in total. The maximum absolute atomic E-state index is 5.81. The zero-order chi connectivity index (χ0) is 11.8. The number of hydrazine groups is 1. The highest BCUT2D eigenvalue weighted by atomic mass is 16.3. The fourth-order valence-electron chi connectivity index (χ4n) is 1.90. The van der Waals surface area contributed by atoms with Gasteiger partial charge in [0.1, 0.15) is 11.3 Å². The van der Waals surface area contributed by atoms with Crippen LogP contribution in [-0.2, 0) is 0 Å². The predicted molar refractivity (Wildman–Crippen MR) is 65.7 cm³/mol. The summed E-state index contributed by atoms with van der Waals surface area (Å²) in [6.07, 6.45) is 0. The number of furan rings is 1. The minimum Gasteiger partial charge on any atom is -0.459 e. The molecular formula is C13H18N2O. The van der Waals surface area contributed by atoms with Crippen LogP contribution in [0.1, 0.15) is 32.6 Å². The van der Waals surface area contributed by atoms with E-state index in [9.17, 15) is 0 Å². The van der Waals surface area contributed by atoms with E-state index in [1.54, 1.807) is 0 Å². The van der Waals surface area contributed by atoms with Crippen LogP contribution in [0.15, 0.2) is 34.7 Å². The van der Waals surface area contributed by atoms with E-state index in [1.807, 2.05) is 30.3 Å². The molecule has 2 rings (SSSR count). The van der Waals surface area contributed by atoms with Crippen molar-refractivity contribution in [3.63, 3.8) is 0 Å². The molecule has 3 heteroatoms. The number of nitrogens with two attached hydrogens (primary N) is 1. The Balaban J connectivity index is 2.46. The Morgan fingerprint density at radius 2 is 1.94 bits per heavy atom. The first-order valence-electron chi connectivity index (χ1n) is 5.47. The molecule has 0 aliphatic carbocycles. The monoisotopic (exact) mass is 218 g/mol. The molecule has 0 saturated carbocycles. The molecule has 86 valence electrons. The summed E-state index contributed by atoms with van der Waals surface area (Å²) in [7, 11) is 0. The Hall–Kier alpha value is -1.32. The Bertz CT molecular complexity index is 449. The highest BCUT2D eigenvalue weighted by molar-refractivity contribution is 5.77. The van der Waals surface area contributed by atoms with Gasteiger partial charge in [-0.05, 0) is 17.5 Å². The van der Waals surface area contributed by atoms with E-state index in [0.29, 0.717) is 0 Å². The van der Waals surface area contributed by atoms with Crippen molar-refractivity contribution in [1.29, 1.82) is 0 Å². The molecular weight excluding hydrogens is 200 g/mol. The van der Waals surface area contributed by atoms with Crippen molar-refractivity contribution in [2.75, 3.05) is 0 Å². The van der Waals surface area contributed by atoms with Crippen LogP contribution < -0.4 is 11.3 Å². The van der Waals surface area contributed by atoms with Gasteiger partial charge >= 0.3 is 0 Å². The van der Waals surface area contributed by atoms with Crippen LogP contribution in [0.2, 0.25) is 0 Å². The summed E-state index contributed by atoms with van der Waals surface area (Å²) < 4.78 is 5.81. The molecule has 0 aliphatic rings. The first-order valence-corrected chi connectivity index (χ1v) is 5.47. The molecule has 2 aromatic rings. The molecule has 1 aromatic carbocycles. The Kier molecular flexibility index (Phi) is 2.74. The molecule has 3 N–H and O–H groups in total. The zero-order valence-corrected chi connectivity index (χ0v) is 9.95. The molecule has 0 aliphatic heterocycles. The normalized spacial score (nSPS) is 14.2. The molecule has 0 saturated heterocycles. The van der Waals surface area contributed by atoms with Gasteiger partial charge in [-0.2, -0.15) is 0 Å². The van der Waals surface area contributed by atoms with Gasteiger partial charge in [-0.3, -0.25) is 5.84 Å². The molecule has 0 fully saturated rings. The van der Waals surface area contributed by atoms with Gasteiger partial charge in [0.25, 0.3) is 0 Å². The van der Waals surface area contributed by atoms with Gasteiger partial charge in [0.15, 0.2) is 0 Å². The number of hydrogen-bond acceptors (Lipinski definition) is 3. The smallest absolute Gasteiger partial charge is 0.134 e. The average molecular weight is 218 g/mol. The van der Waals surface area contributed by atoms with E-state index in [0.717, 1.165) is 16.7 Å². The maximum Gasteiger partial charge on any atom is 0.134 e. The van der Waals surface area contributed by atoms with Crippen LogP contribution in [0.25, 0.3) is 11.0 Å². The maximum atomic E-state index is 5.81. The molecule has 1 unspecified atom stereocenters. The lowest BCUT2D eigenvalue weighted by Gasteiger charge is -2.27. The fourth-order valence-corrected chi connectivity index (χ4v) is 1.90. The van der Waals surface area contributed by atoms with E-state index in [-0.39, 0.29) is 11.5 Å². The Labute approximate surface area is 95.6 Å². The second-order valence-corrected chi connectivity index (χ2v) is 5.15. The number of hydrogen-bond donors (Lipinski definition) is 2. The number of rotatable bonds is 2. The topological polar surface area (TPSA) is 51.2 Å². The van der Waals surface area contributed by atoms with Crippen molar-refractivity contribution in [3.05, 3.63) is 36.1 Å². The van der Waals surface area contributed by atoms with Crippen molar-refractivity contribution < 1.29 is 4.42 Å². The van der Waals surface area contributed by atoms with Crippen LogP contribution in [0.5, 0.6) is 0 Å². The summed E-state index contributed by atoms with van der Waals surface area (Å²) in [5.74, 6) is 6.49. The quantitative estimate of drug-likeness (QED) is 0.602. The summed E-state index contributed by atoms with van der Waals surface area (Å²) in [6, 6.07) is 10.0. The van der Waals surface area contributed by atoms with Crippen LogP contribution in [0.4, 0.5) is 0 Å². The van der Waals surface area contributed by atoms with Crippen molar-refractivity contribution in [3.8, 4) is 0 Å². The SMILES string of the molecule is CC(C)(C)C(NN)c1cc2ccccc2o1. The minimum absolute atomic E-state index is 0.0138. The number of benzene rings is 1. The van der Waals surface area contributed by atoms with E-state index in [2.05, 4.69) is 26.2 Å². The second-order valence-electron chi connectivity index (χ2n) is 5.15. The fraction of sp³-hybridized carbons (Fsp3) is 0.385. The number of nitrogens with one attached hydrogen (secondary N) is 1. The minimum atomic E-state index is 0.0138. The lowest BCUT2D eigenvalue weighted by molar-refractivity contribution is 0.243. The van der Waals surface area contributed by atoms with Crippen LogP contribution >= 0.6 is 0 Å². The van der Waals surface area contributed by atoms with E-state index < -0.39 is 0 Å². The van der Waals surface area contributed by atoms with Crippen LogP contribution in [0.3, 0.4) is 0 Å².